The van der Waals surface area contributed by atoms with E-state index in [2.05, 4.69) is 4.74 Å². The van der Waals surface area contributed by atoms with Crippen LogP contribution >= 0.6 is 0 Å². The Bertz CT molecular complexity index is 175. The maximum Gasteiger partial charge on any atom is 0.316 e. The van der Waals surface area contributed by atoms with Crippen LogP contribution in [0.1, 0.15) is 39.5 Å². The summed E-state index contributed by atoms with van der Waals surface area (Å²) in [5.74, 6) is -0.911. The lowest BCUT2D eigenvalue weighted by molar-refractivity contribution is -0.149. The maximum absolute atomic E-state index is 11.4. The third-order valence-corrected chi connectivity index (χ3v) is 1.95. The van der Waals surface area contributed by atoms with Crippen molar-refractivity contribution in [2.45, 2.75) is 39.5 Å². The number of carbonyl (C=O) groups is 2. The Morgan fingerprint density at radius 2 is 1.85 bits per heavy atom. The summed E-state index contributed by atoms with van der Waals surface area (Å²) >= 11 is 0. The zero-order chi connectivity index (χ0) is 10.3. The van der Waals surface area contributed by atoms with Gasteiger partial charge in [-0.25, -0.2) is 0 Å². The van der Waals surface area contributed by atoms with Crippen LogP contribution in [0, 0.1) is 5.92 Å². The van der Waals surface area contributed by atoms with Crippen molar-refractivity contribution in [1.82, 2.24) is 0 Å². The van der Waals surface area contributed by atoms with Gasteiger partial charge in [-0.05, 0) is 12.8 Å². The van der Waals surface area contributed by atoms with Crippen LogP contribution in [0.3, 0.4) is 0 Å². The fourth-order valence-electron chi connectivity index (χ4n) is 1.26. The van der Waals surface area contributed by atoms with Gasteiger partial charge in [0.05, 0.1) is 7.11 Å². The van der Waals surface area contributed by atoms with Crippen LogP contribution in [0.25, 0.3) is 0 Å². The summed E-state index contributed by atoms with van der Waals surface area (Å²) in [6.45, 7) is 3.88. The highest BCUT2D eigenvalue weighted by atomic mass is 16.5. The minimum absolute atomic E-state index is 0.0104. The highest BCUT2D eigenvalue weighted by Crippen LogP contribution is 2.12. The van der Waals surface area contributed by atoms with Crippen LogP contribution in [0.5, 0.6) is 0 Å². The van der Waals surface area contributed by atoms with Gasteiger partial charge in [0.25, 0.3) is 0 Å². The fourth-order valence-corrected chi connectivity index (χ4v) is 1.26. The van der Waals surface area contributed by atoms with Crippen molar-refractivity contribution in [3.63, 3.8) is 0 Å². The zero-order valence-corrected chi connectivity index (χ0v) is 8.63. The SMILES string of the molecule is CCCC(=O)C(CCC)C(=O)OC. The number of ether oxygens (including phenoxy) is 1. The van der Waals surface area contributed by atoms with Crippen LogP contribution in [-0.2, 0) is 14.3 Å². The second kappa shape index (κ2) is 6.63. The predicted molar refractivity (Wildman–Crippen MR) is 50.3 cm³/mol. The number of methoxy groups -OCH3 is 1. The highest BCUT2D eigenvalue weighted by Gasteiger charge is 2.25. The number of esters is 1. The molecule has 0 N–H and O–H groups in total. The van der Waals surface area contributed by atoms with Gasteiger partial charge in [-0.15, -0.1) is 0 Å². The van der Waals surface area contributed by atoms with E-state index in [1.54, 1.807) is 0 Å². The van der Waals surface area contributed by atoms with Crippen molar-refractivity contribution >= 4 is 11.8 Å². The summed E-state index contributed by atoms with van der Waals surface area (Å²) in [7, 11) is 1.32. The highest BCUT2D eigenvalue weighted by molar-refractivity contribution is 5.98. The van der Waals surface area contributed by atoms with Crippen molar-refractivity contribution in [3.05, 3.63) is 0 Å². The summed E-state index contributed by atoms with van der Waals surface area (Å²) in [6.07, 6.45) is 2.69. The molecule has 0 aliphatic rings. The molecule has 1 unspecified atom stereocenters. The summed E-state index contributed by atoms with van der Waals surface area (Å²) in [5.41, 5.74) is 0. The Morgan fingerprint density at radius 1 is 1.23 bits per heavy atom. The van der Waals surface area contributed by atoms with Crippen molar-refractivity contribution in [2.75, 3.05) is 7.11 Å². The minimum Gasteiger partial charge on any atom is -0.468 e. The molecule has 0 saturated heterocycles. The number of rotatable bonds is 6. The molecule has 13 heavy (non-hydrogen) atoms. The maximum atomic E-state index is 11.4. The molecule has 3 nitrogen and oxygen atoms in total. The van der Waals surface area contributed by atoms with Crippen molar-refractivity contribution in [3.8, 4) is 0 Å². The second-order valence-electron chi connectivity index (χ2n) is 3.08. The normalized spacial score (nSPS) is 12.2. The standard InChI is InChI=1S/C10H18O3/c1-4-6-8(10(12)13-3)9(11)7-5-2/h8H,4-7H2,1-3H3. The van der Waals surface area contributed by atoms with Gasteiger partial charge in [0.1, 0.15) is 11.7 Å². The van der Waals surface area contributed by atoms with Gasteiger partial charge in [0.15, 0.2) is 0 Å². The molecule has 0 amide bonds. The number of ketones is 1. The average Bonchev–Trinajstić information content (AvgIpc) is 2.13. The van der Waals surface area contributed by atoms with Gasteiger partial charge < -0.3 is 4.74 Å². The summed E-state index contributed by atoms with van der Waals surface area (Å²) in [5, 5.41) is 0. The fraction of sp³-hybridized carbons (Fsp3) is 0.800. The molecule has 0 aliphatic carbocycles. The first-order valence-corrected chi connectivity index (χ1v) is 4.77. The third-order valence-electron chi connectivity index (χ3n) is 1.95. The van der Waals surface area contributed by atoms with Crippen molar-refractivity contribution < 1.29 is 14.3 Å². The van der Waals surface area contributed by atoms with Gasteiger partial charge in [-0.3, -0.25) is 9.59 Å². The first kappa shape index (κ1) is 12.1. The van der Waals surface area contributed by atoms with Gasteiger partial charge >= 0.3 is 5.97 Å². The predicted octanol–water partition coefficient (Wildman–Crippen LogP) is 1.94. The van der Waals surface area contributed by atoms with Crippen molar-refractivity contribution in [1.29, 1.82) is 0 Å². The van der Waals surface area contributed by atoms with Crippen LogP contribution in [0.2, 0.25) is 0 Å². The Balaban J connectivity index is 4.22. The average molecular weight is 186 g/mol. The molecule has 0 rings (SSSR count). The molecule has 3 heteroatoms. The molecule has 0 fully saturated rings. The first-order valence-electron chi connectivity index (χ1n) is 4.77. The van der Waals surface area contributed by atoms with E-state index in [9.17, 15) is 9.59 Å². The number of hydrogen-bond acceptors (Lipinski definition) is 3. The lowest BCUT2D eigenvalue weighted by Gasteiger charge is -2.11. The number of Topliss-reactive ketones (excluding diaryl/α,β-unsaturated/α-hetero) is 1. The Labute approximate surface area is 79.5 Å². The third kappa shape index (κ3) is 4.06. The molecular weight excluding hydrogens is 168 g/mol. The van der Waals surface area contributed by atoms with Gasteiger partial charge in [0, 0.05) is 6.42 Å². The van der Waals surface area contributed by atoms with E-state index in [4.69, 9.17) is 0 Å². The van der Waals surface area contributed by atoms with E-state index in [1.165, 1.54) is 7.11 Å². The van der Waals surface area contributed by atoms with E-state index in [-0.39, 0.29) is 11.8 Å². The quantitative estimate of drug-likeness (QED) is 0.470. The molecule has 0 heterocycles. The number of hydrogen-bond donors (Lipinski definition) is 0. The molecule has 0 saturated carbocycles. The largest absolute Gasteiger partial charge is 0.468 e. The second-order valence-corrected chi connectivity index (χ2v) is 3.08. The Hall–Kier alpha value is -0.860. The molecule has 0 spiro atoms. The van der Waals surface area contributed by atoms with E-state index in [0.717, 1.165) is 12.8 Å². The van der Waals surface area contributed by atoms with Crippen LogP contribution < -0.4 is 0 Å². The molecule has 0 aromatic carbocycles. The molecule has 1 atom stereocenters. The van der Waals surface area contributed by atoms with E-state index < -0.39 is 5.92 Å². The lowest BCUT2D eigenvalue weighted by atomic mass is 9.96. The van der Waals surface area contributed by atoms with Gasteiger partial charge in [-0.1, -0.05) is 20.3 Å². The minimum atomic E-state index is -0.532. The molecule has 0 aromatic rings. The lowest BCUT2D eigenvalue weighted by Crippen LogP contribution is -2.24. The van der Waals surface area contributed by atoms with Crippen LogP contribution in [-0.4, -0.2) is 18.9 Å². The molecule has 0 bridgehead atoms. The molecule has 0 radical (unpaired) electrons. The van der Waals surface area contributed by atoms with E-state index in [0.29, 0.717) is 12.8 Å². The van der Waals surface area contributed by atoms with Crippen LogP contribution in [0.15, 0.2) is 0 Å². The van der Waals surface area contributed by atoms with Crippen molar-refractivity contribution in [2.24, 2.45) is 5.92 Å². The topological polar surface area (TPSA) is 43.4 Å². The zero-order valence-electron chi connectivity index (χ0n) is 8.63. The molecular formula is C10H18O3. The molecule has 76 valence electrons. The number of carbonyl (C=O) groups excluding carboxylic acids is 2. The Morgan fingerprint density at radius 3 is 2.23 bits per heavy atom. The summed E-state index contributed by atoms with van der Waals surface area (Å²) in [6, 6.07) is 0. The van der Waals surface area contributed by atoms with Gasteiger partial charge in [-0.2, -0.15) is 0 Å². The molecule has 0 aromatic heterocycles. The molecule has 0 aliphatic heterocycles. The summed E-state index contributed by atoms with van der Waals surface area (Å²) < 4.78 is 4.57. The van der Waals surface area contributed by atoms with Crippen LogP contribution in [0.4, 0.5) is 0 Å². The summed E-state index contributed by atoms with van der Waals surface area (Å²) in [4.78, 5) is 22.6. The Kier molecular flexibility index (Phi) is 6.20. The van der Waals surface area contributed by atoms with Gasteiger partial charge in [0.2, 0.25) is 0 Å². The first-order chi connectivity index (χ1) is 6.17. The smallest absolute Gasteiger partial charge is 0.316 e. The monoisotopic (exact) mass is 186 g/mol. The van der Waals surface area contributed by atoms with E-state index in [1.807, 2.05) is 13.8 Å². The van der Waals surface area contributed by atoms with E-state index >= 15 is 0 Å².